The molecule has 114 valence electrons. The summed E-state index contributed by atoms with van der Waals surface area (Å²) >= 11 is 0. The van der Waals surface area contributed by atoms with E-state index in [0.29, 0.717) is 17.7 Å². The lowest BCUT2D eigenvalue weighted by molar-refractivity contribution is 0.0846. The lowest BCUT2D eigenvalue weighted by Crippen LogP contribution is -2.34. The molecule has 0 aliphatic carbocycles. The maximum absolute atomic E-state index is 12.0. The maximum atomic E-state index is 12.0. The van der Waals surface area contributed by atoms with Crippen LogP contribution in [0.5, 0.6) is 0 Å². The van der Waals surface area contributed by atoms with Gasteiger partial charge in [-0.05, 0) is 36.1 Å². The molecule has 2 aromatic rings. The summed E-state index contributed by atoms with van der Waals surface area (Å²) in [6.07, 6.45) is 0.0400. The highest BCUT2D eigenvalue weighted by molar-refractivity contribution is 5.96. The van der Waals surface area contributed by atoms with Gasteiger partial charge in [0.1, 0.15) is 5.58 Å². The van der Waals surface area contributed by atoms with Crippen molar-refractivity contribution in [2.75, 3.05) is 12.3 Å². The number of aliphatic hydroxyl groups is 1. The van der Waals surface area contributed by atoms with E-state index in [1.807, 2.05) is 20.8 Å². The molecular weight excluding hydrogens is 268 g/mol. The fraction of sp³-hybridized carbons (Fsp3) is 0.438. The highest BCUT2D eigenvalue weighted by atomic mass is 16.3. The second-order valence-electron chi connectivity index (χ2n) is 6.54. The zero-order valence-electron chi connectivity index (χ0n) is 12.6. The van der Waals surface area contributed by atoms with Crippen LogP contribution in [0.4, 0.5) is 5.69 Å². The molecule has 1 aromatic carbocycles. The first-order chi connectivity index (χ1) is 9.74. The Morgan fingerprint density at radius 2 is 2.10 bits per heavy atom. The molecule has 0 radical (unpaired) electrons. The molecule has 1 heterocycles. The molecule has 0 spiro atoms. The van der Waals surface area contributed by atoms with Crippen LogP contribution in [0.2, 0.25) is 0 Å². The Morgan fingerprint density at radius 1 is 1.38 bits per heavy atom. The number of carbonyl (C=O) groups is 1. The molecular formula is C16H22N2O3. The van der Waals surface area contributed by atoms with Crippen molar-refractivity contribution in [3.05, 3.63) is 30.0 Å². The quantitative estimate of drug-likeness (QED) is 0.755. The molecule has 2 rings (SSSR count). The van der Waals surface area contributed by atoms with Gasteiger partial charge in [0.2, 0.25) is 0 Å². The topological polar surface area (TPSA) is 88.5 Å². The standard InChI is InChI=1S/C16H22N2O3/c1-16(2,3)8-12(19)9-18-15(20)14-7-10-6-11(17)4-5-13(10)21-14/h4-7,12,19H,8-9,17H2,1-3H3,(H,18,20). The molecule has 0 aliphatic rings. The number of carbonyl (C=O) groups excluding carboxylic acids is 1. The summed E-state index contributed by atoms with van der Waals surface area (Å²) in [5.41, 5.74) is 6.94. The first-order valence-corrected chi connectivity index (χ1v) is 7.00. The Balaban J connectivity index is 1.99. The largest absolute Gasteiger partial charge is 0.451 e. The number of nitrogens with two attached hydrogens (primary N) is 1. The van der Waals surface area contributed by atoms with Crippen LogP contribution in [-0.4, -0.2) is 23.7 Å². The van der Waals surface area contributed by atoms with Gasteiger partial charge in [-0.3, -0.25) is 4.79 Å². The normalized spacial score (nSPS) is 13.3. The number of rotatable bonds is 4. The van der Waals surface area contributed by atoms with Gasteiger partial charge in [0.05, 0.1) is 6.10 Å². The number of hydrogen-bond acceptors (Lipinski definition) is 4. The summed E-state index contributed by atoms with van der Waals surface area (Å²) in [4.78, 5) is 12.0. The molecule has 1 amide bonds. The molecule has 0 saturated heterocycles. The van der Waals surface area contributed by atoms with Crippen molar-refractivity contribution in [3.63, 3.8) is 0 Å². The molecule has 0 fully saturated rings. The van der Waals surface area contributed by atoms with Crippen LogP contribution in [0, 0.1) is 5.41 Å². The van der Waals surface area contributed by atoms with Gasteiger partial charge >= 0.3 is 0 Å². The third-order valence-electron chi connectivity index (χ3n) is 3.11. The number of aliphatic hydroxyl groups excluding tert-OH is 1. The smallest absolute Gasteiger partial charge is 0.287 e. The van der Waals surface area contributed by atoms with Crippen LogP contribution < -0.4 is 11.1 Å². The summed E-state index contributed by atoms with van der Waals surface area (Å²) < 4.78 is 5.47. The van der Waals surface area contributed by atoms with Crippen LogP contribution in [0.15, 0.2) is 28.7 Å². The van der Waals surface area contributed by atoms with Gasteiger partial charge in [-0.15, -0.1) is 0 Å². The summed E-state index contributed by atoms with van der Waals surface area (Å²) in [5, 5.41) is 13.4. The summed E-state index contributed by atoms with van der Waals surface area (Å²) in [6, 6.07) is 6.86. The number of anilines is 1. The highest BCUT2D eigenvalue weighted by Gasteiger charge is 2.18. The predicted octanol–water partition coefficient (Wildman–Crippen LogP) is 2.54. The van der Waals surface area contributed by atoms with Crippen LogP contribution in [0.25, 0.3) is 11.0 Å². The average molecular weight is 290 g/mol. The molecule has 5 heteroatoms. The van der Waals surface area contributed by atoms with Crippen molar-refractivity contribution in [3.8, 4) is 0 Å². The number of benzene rings is 1. The zero-order chi connectivity index (χ0) is 15.6. The first kappa shape index (κ1) is 15.4. The van der Waals surface area contributed by atoms with Crippen LogP contribution in [0.1, 0.15) is 37.7 Å². The third-order valence-corrected chi connectivity index (χ3v) is 3.11. The van der Waals surface area contributed by atoms with E-state index in [1.165, 1.54) is 0 Å². The Bertz CT molecular complexity index is 640. The molecule has 0 bridgehead atoms. The minimum absolute atomic E-state index is 0.0149. The van der Waals surface area contributed by atoms with Crippen molar-refractivity contribution in [2.45, 2.75) is 33.3 Å². The molecule has 5 nitrogen and oxygen atoms in total. The molecule has 0 saturated carbocycles. The van der Waals surface area contributed by atoms with Gasteiger partial charge < -0.3 is 20.6 Å². The van der Waals surface area contributed by atoms with Gasteiger partial charge in [0.25, 0.3) is 5.91 Å². The third kappa shape index (κ3) is 4.23. The van der Waals surface area contributed by atoms with Gasteiger partial charge in [-0.2, -0.15) is 0 Å². The van der Waals surface area contributed by atoms with E-state index < -0.39 is 6.10 Å². The second kappa shape index (κ2) is 5.77. The summed E-state index contributed by atoms with van der Waals surface area (Å²) in [7, 11) is 0. The van der Waals surface area contributed by atoms with Crippen molar-refractivity contribution >= 4 is 22.6 Å². The zero-order valence-corrected chi connectivity index (χ0v) is 12.6. The Hall–Kier alpha value is -2.01. The van der Waals surface area contributed by atoms with E-state index in [-0.39, 0.29) is 23.6 Å². The van der Waals surface area contributed by atoms with E-state index in [9.17, 15) is 9.90 Å². The Labute approximate surface area is 124 Å². The monoisotopic (exact) mass is 290 g/mol. The molecule has 4 N–H and O–H groups in total. The van der Waals surface area contributed by atoms with Gasteiger partial charge in [-0.25, -0.2) is 0 Å². The van der Waals surface area contributed by atoms with E-state index >= 15 is 0 Å². The van der Waals surface area contributed by atoms with Gasteiger partial charge in [0.15, 0.2) is 5.76 Å². The number of hydrogen-bond donors (Lipinski definition) is 3. The fourth-order valence-electron chi connectivity index (χ4n) is 2.25. The molecule has 1 aromatic heterocycles. The summed E-state index contributed by atoms with van der Waals surface area (Å²) in [6.45, 7) is 6.33. The Kier molecular flexibility index (Phi) is 4.23. The maximum Gasteiger partial charge on any atom is 0.287 e. The lowest BCUT2D eigenvalue weighted by atomic mass is 9.89. The van der Waals surface area contributed by atoms with Crippen molar-refractivity contribution in [1.29, 1.82) is 0 Å². The highest BCUT2D eigenvalue weighted by Crippen LogP contribution is 2.22. The number of furan rings is 1. The second-order valence-corrected chi connectivity index (χ2v) is 6.54. The molecule has 1 unspecified atom stereocenters. The van der Waals surface area contributed by atoms with E-state index in [1.54, 1.807) is 24.3 Å². The van der Waals surface area contributed by atoms with Crippen LogP contribution in [0.3, 0.4) is 0 Å². The minimum Gasteiger partial charge on any atom is -0.451 e. The lowest BCUT2D eigenvalue weighted by Gasteiger charge is -2.22. The van der Waals surface area contributed by atoms with E-state index in [4.69, 9.17) is 10.2 Å². The average Bonchev–Trinajstić information content (AvgIpc) is 2.76. The number of fused-ring (bicyclic) bond motifs is 1. The number of nitrogen functional groups attached to an aromatic ring is 1. The van der Waals surface area contributed by atoms with E-state index in [0.717, 1.165) is 5.39 Å². The van der Waals surface area contributed by atoms with Gasteiger partial charge in [-0.1, -0.05) is 20.8 Å². The van der Waals surface area contributed by atoms with Crippen molar-refractivity contribution in [2.24, 2.45) is 5.41 Å². The minimum atomic E-state index is -0.575. The van der Waals surface area contributed by atoms with Crippen LogP contribution >= 0.6 is 0 Å². The van der Waals surface area contributed by atoms with Crippen molar-refractivity contribution < 1.29 is 14.3 Å². The molecule has 0 aliphatic heterocycles. The molecule has 21 heavy (non-hydrogen) atoms. The van der Waals surface area contributed by atoms with Gasteiger partial charge in [0, 0.05) is 17.6 Å². The number of amides is 1. The SMILES string of the molecule is CC(C)(C)CC(O)CNC(=O)c1cc2cc(N)ccc2o1. The summed E-state index contributed by atoms with van der Waals surface area (Å²) in [5.74, 6) is -0.115. The number of nitrogens with one attached hydrogen (secondary N) is 1. The molecule has 1 atom stereocenters. The van der Waals surface area contributed by atoms with Crippen molar-refractivity contribution in [1.82, 2.24) is 5.32 Å². The Morgan fingerprint density at radius 3 is 2.76 bits per heavy atom. The fourth-order valence-corrected chi connectivity index (χ4v) is 2.25. The first-order valence-electron chi connectivity index (χ1n) is 7.00. The predicted molar refractivity (Wildman–Crippen MR) is 83.0 cm³/mol. The van der Waals surface area contributed by atoms with E-state index in [2.05, 4.69) is 5.32 Å². The van der Waals surface area contributed by atoms with Crippen LogP contribution in [-0.2, 0) is 0 Å².